The Morgan fingerprint density at radius 3 is 2.16 bits per heavy atom. The van der Waals surface area contributed by atoms with Crippen molar-refractivity contribution < 1.29 is 0 Å². The quantitative estimate of drug-likeness (QED) is 0.297. The van der Waals surface area contributed by atoms with Crippen LogP contribution in [0.15, 0.2) is 65.5 Å². The Hall–Kier alpha value is -3.88. The zero-order valence-electron chi connectivity index (χ0n) is 20.9. The van der Waals surface area contributed by atoms with Crippen molar-refractivity contribution in [2.45, 2.75) is 19.0 Å². The number of pyridine rings is 2. The number of aromatic nitrogens is 2. The van der Waals surface area contributed by atoms with E-state index in [4.69, 9.17) is 29.8 Å². The number of piperazine rings is 1. The third-order valence-corrected chi connectivity index (χ3v) is 7.63. The lowest BCUT2D eigenvalue weighted by Gasteiger charge is -2.45. The number of nitrogens with zero attached hydrogens (tertiary/aromatic N) is 6. The lowest BCUT2D eigenvalue weighted by Crippen LogP contribution is -2.53. The molecule has 1 atom stereocenters. The van der Waals surface area contributed by atoms with Crippen LogP contribution >= 0.6 is 23.2 Å². The van der Waals surface area contributed by atoms with E-state index < -0.39 is 0 Å². The van der Waals surface area contributed by atoms with Crippen molar-refractivity contribution in [2.24, 2.45) is 7.05 Å². The van der Waals surface area contributed by atoms with Crippen LogP contribution in [0.25, 0.3) is 15.9 Å². The standard InChI is InChI=1S/C29H24Cl2N6O/c1-18-17-36(28-23(16-32)29(38)35(3)24-12-13-25(33-2)34-26(24)28)14-15-37(18)27(19-4-8-21(30)9-5-19)20-6-10-22(31)11-7-20/h4-13,18,27H,14-15,17H2,1,3H3/t18-/m1/s1. The van der Waals surface area contributed by atoms with E-state index >= 15 is 0 Å². The highest BCUT2D eigenvalue weighted by molar-refractivity contribution is 6.30. The molecule has 0 N–H and O–H groups in total. The average Bonchev–Trinajstić information content (AvgIpc) is 2.93. The van der Waals surface area contributed by atoms with Crippen LogP contribution in [0.5, 0.6) is 0 Å². The number of hydrogen-bond donors (Lipinski definition) is 0. The largest absolute Gasteiger partial charge is 0.364 e. The van der Waals surface area contributed by atoms with E-state index in [1.165, 1.54) is 4.57 Å². The van der Waals surface area contributed by atoms with Crippen molar-refractivity contribution in [1.29, 1.82) is 5.26 Å². The van der Waals surface area contributed by atoms with Gasteiger partial charge in [0.1, 0.15) is 17.3 Å². The summed E-state index contributed by atoms with van der Waals surface area (Å²) >= 11 is 12.4. The van der Waals surface area contributed by atoms with Gasteiger partial charge in [0, 0.05) is 42.8 Å². The van der Waals surface area contributed by atoms with E-state index in [2.05, 4.69) is 32.6 Å². The van der Waals surface area contributed by atoms with Gasteiger partial charge in [-0.25, -0.2) is 0 Å². The number of nitriles is 1. The second kappa shape index (κ2) is 10.5. The van der Waals surface area contributed by atoms with Gasteiger partial charge in [0.15, 0.2) is 0 Å². The molecular weight excluding hydrogens is 519 g/mol. The van der Waals surface area contributed by atoms with Crippen LogP contribution in [0.2, 0.25) is 10.0 Å². The molecule has 3 heterocycles. The molecule has 1 aliphatic heterocycles. The summed E-state index contributed by atoms with van der Waals surface area (Å²) in [4.78, 5) is 25.6. The maximum absolute atomic E-state index is 13.1. The predicted octanol–water partition coefficient (Wildman–Crippen LogP) is 5.96. The monoisotopic (exact) mass is 542 g/mol. The van der Waals surface area contributed by atoms with E-state index in [-0.39, 0.29) is 29.0 Å². The number of benzene rings is 2. The molecule has 0 spiro atoms. The van der Waals surface area contributed by atoms with Gasteiger partial charge >= 0.3 is 0 Å². The topological polar surface area (TPSA) is 69.5 Å². The van der Waals surface area contributed by atoms with Gasteiger partial charge in [0.2, 0.25) is 5.52 Å². The second-order valence-electron chi connectivity index (χ2n) is 9.39. The normalized spacial score (nSPS) is 16.0. The Bertz CT molecular complexity index is 1610. The molecule has 9 heteroatoms. The molecule has 0 saturated carbocycles. The lowest BCUT2D eigenvalue weighted by molar-refractivity contribution is 0.150. The van der Waals surface area contributed by atoms with Crippen LogP contribution in [-0.2, 0) is 7.05 Å². The van der Waals surface area contributed by atoms with Gasteiger partial charge in [0.05, 0.1) is 11.6 Å². The lowest BCUT2D eigenvalue weighted by atomic mass is 9.94. The summed E-state index contributed by atoms with van der Waals surface area (Å²) in [5.74, 6) is 0.221. The highest BCUT2D eigenvalue weighted by atomic mass is 35.5. The van der Waals surface area contributed by atoms with E-state index in [1.54, 1.807) is 19.2 Å². The van der Waals surface area contributed by atoms with Gasteiger partial charge in [-0.3, -0.25) is 9.69 Å². The summed E-state index contributed by atoms with van der Waals surface area (Å²) in [7, 11) is 1.62. The van der Waals surface area contributed by atoms with E-state index in [9.17, 15) is 10.1 Å². The maximum atomic E-state index is 13.1. The van der Waals surface area contributed by atoms with Gasteiger partial charge in [0.25, 0.3) is 11.4 Å². The van der Waals surface area contributed by atoms with Crippen LogP contribution in [0.4, 0.5) is 11.5 Å². The molecule has 2 aromatic carbocycles. The molecule has 0 amide bonds. The Balaban J connectivity index is 1.56. The van der Waals surface area contributed by atoms with Crippen LogP contribution in [-0.4, -0.2) is 40.1 Å². The number of halogens is 2. The SMILES string of the molecule is [C-]#[N+]c1ccc2c(n1)c(N1CCN(C(c3ccc(Cl)cc3)c3ccc(Cl)cc3)[C@H](C)C1)c(C#N)c(=O)n2C. The van der Waals surface area contributed by atoms with E-state index in [0.717, 1.165) is 11.1 Å². The highest BCUT2D eigenvalue weighted by Gasteiger charge is 2.34. The fourth-order valence-corrected chi connectivity index (χ4v) is 5.53. The van der Waals surface area contributed by atoms with Crippen molar-refractivity contribution in [3.8, 4) is 6.07 Å². The van der Waals surface area contributed by atoms with Crippen molar-refractivity contribution in [3.63, 3.8) is 0 Å². The molecule has 0 radical (unpaired) electrons. The minimum Gasteiger partial charge on any atom is -0.364 e. The molecule has 190 valence electrons. The zero-order chi connectivity index (χ0) is 27.0. The minimum absolute atomic E-state index is 0.0376. The van der Waals surface area contributed by atoms with Gasteiger partial charge < -0.3 is 14.3 Å². The van der Waals surface area contributed by atoms with Crippen molar-refractivity contribution in [1.82, 2.24) is 14.5 Å². The molecule has 38 heavy (non-hydrogen) atoms. The van der Waals surface area contributed by atoms with Crippen LogP contribution in [0, 0.1) is 17.9 Å². The van der Waals surface area contributed by atoms with Crippen molar-refractivity contribution in [3.05, 3.63) is 109 Å². The summed E-state index contributed by atoms with van der Waals surface area (Å²) in [6, 6.07) is 21.2. The van der Waals surface area contributed by atoms with E-state index in [1.807, 2.05) is 48.5 Å². The molecule has 0 bridgehead atoms. The first-order valence-electron chi connectivity index (χ1n) is 12.1. The number of aryl methyl sites for hydroxylation is 1. The first-order chi connectivity index (χ1) is 18.3. The molecule has 0 aliphatic carbocycles. The third kappa shape index (κ3) is 4.61. The van der Waals surface area contributed by atoms with Crippen LogP contribution in [0.3, 0.4) is 0 Å². The first-order valence-corrected chi connectivity index (χ1v) is 12.9. The fourth-order valence-electron chi connectivity index (χ4n) is 5.28. The Morgan fingerprint density at radius 2 is 1.63 bits per heavy atom. The van der Waals surface area contributed by atoms with Crippen molar-refractivity contribution in [2.75, 3.05) is 24.5 Å². The Labute approximate surface area is 230 Å². The highest BCUT2D eigenvalue weighted by Crippen LogP contribution is 2.36. The zero-order valence-corrected chi connectivity index (χ0v) is 22.4. The fraction of sp³-hybridized carbons (Fsp3) is 0.241. The third-order valence-electron chi connectivity index (χ3n) is 7.12. The molecular formula is C29H24Cl2N6O. The van der Waals surface area contributed by atoms with E-state index in [0.29, 0.717) is 46.4 Å². The Morgan fingerprint density at radius 1 is 1.03 bits per heavy atom. The number of anilines is 1. The molecule has 4 aromatic rings. The molecule has 1 fully saturated rings. The average molecular weight is 543 g/mol. The summed E-state index contributed by atoms with van der Waals surface area (Å²) < 4.78 is 1.43. The molecule has 1 saturated heterocycles. The molecule has 7 nitrogen and oxygen atoms in total. The smallest absolute Gasteiger partial charge is 0.271 e. The second-order valence-corrected chi connectivity index (χ2v) is 10.3. The molecule has 2 aromatic heterocycles. The van der Waals surface area contributed by atoms with Gasteiger partial charge in [-0.15, -0.1) is 4.98 Å². The van der Waals surface area contributed by atoms with Crippen molar-refractivity contribution >= 4 is 45.7 Å². The first kappa shape index (κ1) is 25.8. The molecule has 0 unspecified atom stereocenters. The summed E-state index contributed by atoms with van der Waals surface area (Å²) in [6.45, 7) is 11.4. The minimum atomic E-state index is -0.373. The predicted molar refractivity (Wildman–Crippen MR) is 151 cm³/mol. The Kier molecular flexibility index (Phi) is 7.10. The summed E-state index contributed by atoms with van der Waals surface area (Å²) in [5.41, 5.74) is 3.47. The summed E-state index contributed by atoms with van der Waals surface area (Å²) in [5, 5.41) is 11.3. The molecule has 1 aliphatic rings. The van der Waals surface area contributed by atoms with Crippen LogP contribution < -0.4 is 10.5 Å². The van der Waals surface area contributed by atoms with Gasteiger partial charge in [-0.2, -0.15) is 5.26 Å². The number of fused-ring (bicyclic) bond motifs is 1. The number of rotatable bonds is 4. The maximum Gasteiger partial charge on any atom is 0.271 e. The van der Waals surface area contributed by atoms with Gasteiger partial charge in [-0.05, 0) is 54.4 Å². The summed E-state index contributed by atoms with van der Waals surface area (Å²) in [6.07, 6.45) is 0. The molecule has 5 rings (SSSR count). The van der Waals surface area contributed by atoms with Gasteiger partial charge in [-0.1, -0.05) is 54.0 Å². The number of hydrogen-bond acceptors (Lipinski definition) is 5. The van der Waals surface area contributed by atoms with Crippen LogP contribution in [0.1, 0.15) is 29.7 Å².